The summed E-state index contributed by atoms with van der Waals surface area (Å²) >= 11 is 0. The molecule has 0 saturated carbocycles. The fraction of sp³-hybridized carbons (Fsp3) is 0.348. The largest absolute Gasteiger partial charge is 0.477 e. The Morgan fingerprint density at radius 2 is 1.79 bits per heavy atom. The highest BCUT2D eigenvalue weighted by atomic mass is 19.4. The Hall–Kier alpha value is -3.76. The molecule has 8 nitrogen and oxygen atoms in total. The highest BCUT2D eigenvalue weighted by Gasteiger charge is 2.50. The highest BCUT2D eigenvalue weighted by molar-refractivity contribution is 5.99. The normalized spacial score (nSPS) is 20.1. The first kappa shape index (κ1) is 24.9. The second kappa shape index (κ2) is 9.62. The van der Waals surface area contributed by atoms with Gasteiger partial charge in [-0.15, -0.1) is 0 Å². The Kier molecular flexibility index (Phi) is 7.04. The van der Waals surface area contributed by atoms with Gasteiger partial charge in [0.05, 0.1) is 5.92 Å². The summed E-state index contributed by atoms with van der Waals surface area (Å²) < 4.78 is 61.2. The van der Waals surface area contributed by atoms with Crippen LogP contribution in [0.25, 0.3) is 0 Å². The molecule has 182 valence electrons. The first-order chi connectivity index (χ1) is 15.8. The molecule has 0 unspecified atom stereocenters. The molecule has 0 aromatic heterocycles. The number of amides is 1. The maximum atomic E-state index is 13.6. The first-order valence-electron chi connectivity index (χ1n) is 10.2. The van der Waals surface area contributed by atoms with Crippen molar-refractivity contribution >= 4 is 17.8 Å². The minimum atomic E-state index is -5.01. The van der Waals surface area contributed by atoms with Crippen LogP contribution in [0.3, 0.4) is 0 Å². The molecular formula is C23H22F3NO7. The van der Waals surface area contributed by atoms with Crippen LogP contribution in [-0.2, 0) is 23.8 Å². The molecule has 1 amide bonds. The van der Waals surface area contributed by atoms with E-state index in [0.29, 0.717) is 0 Å². The molecule has 0 radical (unpaired) electrons. The van der Waals surface area contributed by atoms with Crippen molar-refractivity contribution in [2.24, 2.45) is 5.92 Å². The molecule has 0 spiro atoms. The molecule has 1 N–H and O–H groups in total. The zero-order chi connectivity index (χ0) is 25.1. The average Bonchev–Trinajstić information content (AvgIpc) is 2.73. The third kappa shape index (κ3) is 6.40. The Bertz CT molecular complexity index is 1050. The van der Waals surface area contributed by atoms with Crippen LogP contribution in [0.2, 0.25) is 0 Å². The number of hydrogen-bond acceptors (Lipinski definition) is 7. The molecule has 0 bridgehead atoms. The topological polar surface area (TPSA) is 100 Å². The zero-order valence-electron chi connectivity index (χ0n) is 18.5. The smallest absolute Gasteiger partial charge is 0.453 e. The molecule has 1 aliphatic carbocycles. The van der Waals surface area contributed by atoms with Gasteiger partial charge in [-0.3, -0.25) is 4.79 Å². The number of nitrogens with one attached hydrogen (secondary N) is 1. The van der Waals surface area contributed by atoms with Crippen LogP contribution >= 0.6 is 0 Å². The van der Waals surface area contributed by atoms with Crippen LogP contribution in [0.15, 0.2) is 65.8 Å². The summed E-state index contributed by atoms with van der Waals surface area (Å²) in [7, 11) is 0. The van der Waals surface area contributed by atoms with E-state index in [9.17, 15) is 27.6 Å². The predicted octanol–water partition coefficient (Wildman–Crippen LogP) is 3.95. The lowest BCUT2D eigenvalue weighted by atomic mass is 9.89. The lowest BCUT2D eigenvalue weighted by Crippen LogP contribution is -2.41. The maximum absolute atomic E-state index is 13.6. The number of ketones is 1. The summed E-state index contributed by atoms with van der Waals surface area (Å²) in [5, 5.41) is 2.20. The number of carbonyl (C=O) groups excluding carboxylic acids is 3. The van der Waals surface area contributed by atoms with Crippen LogP contribution < -0.4 is 10.1 Å². The second-order valence-electron chi connectivity index (χ2n) is 8.30. The number of alkyl carbamates (subject to hydrolysis) is 1. The third-order valence-electron chi connectivity index (χ3n) is 4.37. The van der Waals surface area contributed by atoms with Gasteiger partial charge in [-0.25, -0.2) is 9.59 Å². The van der Waals surface area contributed by atoms with Gasteiger partial charge in [0.2, 0.25) is 17.3 Å². The van der Waals surface area contributed by atoms with Crippen LogP contribution in [0.5, 0.6) is 5.75 Å². The fourth-order valence-corrected chi connectivity index (χ4v) is 3.02. The average molecular weight is 481 g/mol. The van der Waals surface area contributed by atoms with E-state index in [-0.39, 0.29) is 11.5 Å². The summed E-state index contributed by atoms with van der Waals surface area (Å²) in [5.41, 5.74) is -0.769. The second-order valence-corrected chi connectivity index (χ2v) is 8.30. The third-order valence-corrected chi connectivity index (χ3v) is 4.37. The summed E-state index contributed by atoms with van der Waals surface area (Å²) in [6, 6.07) is 7.53. The summed E-state index contributed by atoms with van der Waals surface area (Å²) in [4.78, 5) is 36.4. The molecule has 3 rings (SSSR count). The molecule has 34 heavy (non-hydrogen) atoms. The molecule has 0 fully saturated rings. The van der Waals surface area contributed by atoms with Crippen LogP contribution in [0.1, 0.15) is 20.8 Å². The van der Waals surface area contributed by atoms with E-state index in [4.69, 9.17) is 18.9 Å². The van der Waals surface area contributed by atoms with E-state index in [1.54, 1.807) is 39.0 Å². The van der Waals surface area contributed by atoms with Crippen molar-refractivity contribution in [1.82, 2.24) is 5.32 Å². The Labute approximate surface area is 193 Å². The molecular weight excluding hydrogens is 459 g/mol. The molecule has 1 aromatic carbocycles. The first-order valence-corrected chi connectivity index (χ1v) is 10.2. The fourth-order valence-electron chi connectivity index (χ4n) is 3.02. The Balaban J connectivity index is 1.72. The zero-order valence-corrected chi connectivity index (χ0v) is 18.5. The number of alkyl halides is 3. The van der Waals surface area contributed by atoms with Crippen molar-refractivity contribution < 1.29 is 46.5 Å². The SMILES string of the molecule is CC(C)(C)OC(=O)NCC(=O)OC1=C[C@@H]2OC(C(F)(F)F)=C(Oc3ccccc3)C(=O)[C@H]2C=C1. The molecule has 2 aliphatic rings. The minimum absolute atomic E-state index is 0.0390. The molecule has 1 aromatic rings. The minimum Gasteiger partial charge on any atom is -0.477 e. The van der Waals surface area contributed by atoms with Gasteiger partial charge in [-0.1, -0.05) is 24.3 Å². The van der Waals surface area contributed by atoms with Gasteiger partial charge >= 0.3 is 18.2 Å². The number of rotatable bonds is 5. The number of ether oxygens (including phenoxy) is 4. The van der Waals surface area contributed by atoms with Gasteiger partial charge in [0, 0.05) is 0 Å². The van der Waals surface area contributed by atoms with Crippen LogP contribution in [-0.4, -0.2) is 42.3 Å². The lowest BCUT2D eigenvalue weighted by Gasteiger charge is -2.33. The molecule has 11 heteroatoms. The predicted molar refractivity (Wildman–Crippen MR) is 111 cm³/mol. The monoisotopic (exact) mass is 481 g/mol. The standard InChI is InChI=1S/C23H22F3NO7/c1-22(2,3)34-21(30)27-12-17(28)31-14-9-10-15-16(11-14)33-20(23(24,25)26)19(18(15)29)32-13-7-5-4-6-8-13/h4-11,15-16H,12H2,1-3H3,(H,27,30)/t15-,16-/m0/s1. The molecule has 1 heterocycles. The van der Waals surface area contributed by atoms with Gasteiger partial charge in [-0.2, -0.15) is 13.2 Å². The van der Waals surface area contributed by atoms with Crippen molar-refractivity contribution in [3.8, 4) is 5.75 Å². The van der Waals surface area contributed by atoms with Crippen molar-refractivity contribution in [2.45, 2.75) is 38.7 Å². The van der Waals surface area contributed by atoms with Crippen molar-refractivity contribution in [3.63, 3.8) is 0 Å². The summed E-state index contributed by atoms with van der Waals surface area (Å²) in [6.07, 6.45) is -3.62. The molecule has 0 saturated heterocycles. The van der Waals surface area contributed by atoms with E-state index in [2.05, 4.69) is 5.32 Å². The number of para-hydroxylation sites is 1. The van der Waals surface area contributed by atoms with Crippen molar-refractivity contribution in [3.05, 3.63) is 65.8 Å². The van der Waals surface area contributed by atoms with Gasteiger partial charge < -0.3 is 24.3 Å². The Morgan fingerprint density at radius 3 is 2.41 bits per heavy atom. The quantitative estimate of drug-likeness (QED) is 0.636. The molecule has 1 aliphatic heterocycles. The number of esters is 1. The number of Topliss-reactive ketones (excluding diaryl/α,β-unsaturated/α-hetero) is 1. The number of halogens is 3. The van der Waals surface area contributed by atoms with Crippen molar-refractivity contribution in [2.75, 3.05) is 6.54 Å². The summed E-state index contributed by atoms with van der Waals surface area (Å²) in [6.45, 7) is 4.38. The number of carbonyl (C=O) groups is 3. The van der Waals surface area contributed by atoms with E-state index in [0.717, 1.165) is 6.08 Å². The van der Waals surface area contributed by atoms with Gasteiger partial charge in [0.25, 0.3) is 0 Å². The molecule has 2 atom stereocenters. The van der Waals surface area contributed by atoms with Gasteiger partial charge in [0.15, 0.2) is 0 Å². The van der Waals surface area contributed by atoms with Crippen LogP contribution in [0.4, 0.5) is 18.0 Å². The number of allylic oxidation sites excluding steroid dienone is 3. The van der Waals surface area contributed by atoms with Gasteiger partial charge in [0.1, 0.15) is 29.8 Å². The number of fused-ring (bicyclic) bond motifs is 1. The Morgan fingerprint density at radius 1 is 1.12 bits per heavy atom. The number of hydrogen-bond donors (Lipinski definition) is 1. The van der Waals surface area contributed by atoms with Gasteiger partial charge in [-0.05, 0) is 45.1 Å². The van der Waals surface area contributed by atoms with Crippen molar-refractivity contribution in [1.29, 1.82) is 0 Å². The number of benzene rings is 1. The summed E-state index contributed by atoms with van der Waals surface area (Å²) in [5.74, 6) is -5.59. The maximum Gasteiger partial charge on any atom is 0.453 e. The van der Waals surface area contributed by atoms with E-state index in [1.165, 1.54) is 24.3 Å². The van der Waals surface area contributed by atoms with Crippen LogP contribution in [0, 0.1) is 5.92 Å². The van der Waals surface area contributed by atoms with E-state index in [1.807, 2.05) is 0 Å². The van der Waals surface area contributed by atoms with E-state index < -0.39 is 59.7 Å². The lowest BCUT2D eigenvalue weighted by molar-refractivity contribution is -0.156. The van der Waals surface area contributed by atoms with E-state index >= 15 is 0 Å². The highest BCUT2D eigenvalue weighted by Crippen LogP contribution is 2.39.